The van der Waals surface area contributed by atoms with Crippen molar-refractivity contribution in [3.63, 3.8) is 0 Å². The van der Waals surface area contributed by atoms with Gasteiger partial charge in [-0.3, -0.25) is 0 Å². The van der Waals surface area contributed by atoms with Crippen LogP contribution in [0.3, 0.4) is 0 Å². The number of aliphatic carboxylic acids is 1. The van der Waals surface area contributed by atoms with E-state index in [-0.39, 0.29) is 24.8 Å². The number of carboxylic acids is 1. The summed E-state index contributed by atoms with van der Waals surface area (Å²) in [5.41, 5.74) is 0. The maximum Gasteiger partial charge on any atom is 0.329 e. The minimum atomic E-state index is -0.912. The van der Waals surface area contributed by atoms with Gasteiger partial charge in [0, 0.05) is 31.2 Å². The monoisotopic (exact) mass is 407 g/mol. The Morgan fingerprint density at radius 3 is 2.45 bits per heavy atom. The standard InChI is InChI=1S/C22H37N3O4/c1-15-2-3-16-12-18(6-9-20(16)23-13-15)25-11-10-24(22(25)28)17-4-7-19(8-5-17)29-14-21(26)27/h15-20,23H,2-14H2,1H3,(H,26,27). The summed E-state index contributed by atoms with van der Waals surface area (Å²) in [5.74, 6) is 0.561. The van der Waals surface area contributed by atoms with Crippen molar-refractivity contribution in [2.24, 2.45) is 11.8 Å². The Hall–Kier alpha value is -1.34. The normalized spacial score (nSPS) is 38.6. The second kappa shape index (κ2) is 9.21. The lowest BCUT2D eigenvalue weighted by atomic mass is 9.79. The van der Waals surface area contributed by atoms with Crippen LogP contribution >= 0.6 is 0 Å². The smallest absolute Gasteiger partial charge is 0.329 e. The number of carbonyl (C=O) groups excluding carboxylic acids is 1. The van der Waals surface area contributed by atoms with Crippen LogP contribution in [0.5, 0.6) is 0 Å². The van der Waals surface area contributed by atoms with Crippen LogP contribution in [0.15, 0.2) is 0 Å². The van der Waals surface area contributed by atoms with Crippen molar-refractivity contribution in [3.05, 3.63) is 0 Å². The molecule has 2 heterocycles. The molecule has 4 aliphatic rings. The lowest BCUT2D eigenvalue weighted by molar-refractivity contribution is -0.145. The molecule has 0 spiro atoms. The van der Waals surface area contributed by atoms with E-state index < -0.39 is 5.97 Å². The van der Waals surface area contributed by atoms with Crippen molar-refractivity contribution in [1.82, 2.24) is 15.1 Å². The average molecular weight is 408 g/mol. The van der Waals surface area contributed by atoms with Crippen LogP contribution in [0.1, 0.15) is 64.7 Å². The van der Waals surface area contributed by atoms with E-state index >= 15 is 0 Å². The van der Waals surface area contributed by atoms with Crippen molar-refractivity contribution in [1.29, 1.82) is 0 Å². The summed E-state index contributed by atoms with van der Waals surface area (Å²) in [6.45, 7) is 4.96. The lowest BCUT2D eigenvalue weighted by Crippen LogP contribution is -2.49. The van der Waals surface area contributed by atoms with Crippen molar-refractivity contribution in [2.45, 2.75) is 88.9 Å². The summed E-state index contributed by atoms with van der Waals surface area (Å²) in [4.78, 5) is 28.1. The molecule has 0 bridgehead atoms. The molecule has 0 aromatic rings. The Morgan fingerprint density at radius 2 is 1.72 bits per heavy atom. The van der Waals surface area contributed by atoms with Gasteiger partial charge >= 0.3 is 12.0 Å². The molecule has 0 aromatic heterocycles. The second-order valence-corrected chi connectivity index (χ2v) is 9.73. The highest BCUT2D eigenvalue weighted by molar-refractivity contribution is 5.77. The zero-order valence-electron chi connectivity index (χ0n) is 17.7. The lowest BCUT2D eigenvalue weighted by Gasteiger charge is -2.40. The molecule has 4 atom stereocenters. The predicted octanol–water partition coefficient (Wildman–Crippen LogP) is 2.69. The van der Waals surface area contributed by atoms with Gasteiger partial charge in [0.05, 0.1) is 6.10 Å². The van der Waals surface area contributed by atoms with E-state index in [0.29, 0.717) is 18.0 Å². The van der Waals surface area contributed by atoms with E-state index in [1.165, 1.54) is 19.3 Å². The van der Waals surface area contributed by atoms with Gasteiger partial charge in [-0.15, -0.1) is 0 Å². The fourth-order valence-corrected chi connectivity index (χ4v) is 6.03. The molecule has 0 aromatic carbocycles. The summed E-state index contributed by atoms with van der Waals surface area (Å²) < 4.78 is 5.45. The van der Waals surface area contributed by atoms with Gasteiger partial charge in [-0.1, -0.05) is 6.92 Å². The predicted molar refractivity (Wildman–Crippen MR) is 110 cm³/mol. The third kappa shape index (κ3) is 4.88. The van der Waals surface area contributed by atoms with E-state index in [1.807, 2.05) is 0 Å². The molecule has 0 radical (unpaired) electrons. The Morgan fingerprint density at radius 1 is 1.03 bits per heavy atom. The van der Waals surface area contributed by atoms with Gasteiger partial charge in [-0.2, -0.15) is 0 Å². The number of hydrogen-bond donors (Lipinski definition) is 2. The summed E-state index contributed by atoms with van der Waals surface area (Å²) in [5, 5.41) is 12.5. The average Bonchev–Trinajstić information content (AvgIpc) is 3.00. The van der Waals surface area contributed by atoms with Gasteiger partial charge in [0.25, 0.3) is 0 Å². The maximum atomic E-state index is 13.2. The number of rotatable bonds is 5. The van der Waals surface area contributed by atoms with Crippen LogP contribution in [-0.2, 0) is 9.53 Å². The Labute approximate surface area is 174 Å². The van der Waals surface area contributed by atoms with Gasteiger partial charge in [-0.05, 0) is 76.2 Å². The van der Waals surface area contributed by atoms with Gasteiger partial charge in [0.15, 0.2) is 0 Å². The zero-order valence-corrected chi connectivity index (χ0v) is 17.7. The van der Waals surface area contributed by atoms with Crippen molar-refractivity contribution < 1.29 is 19.4 Å². The van der Waals surface area contributed by atoms with Gasteiger partial charge in [-0.25, -0.2) is 9.59 Å². The van der Waals surface area contributed by atoms with E-state index in [0.717, 1.165) is 64.1 Å². The van der Waals surface area contributed by atoms with Crippen molar-refractivity contribution in [2.75, 3.05) is 26.2 Å². The summed E-state index contributed by atoms with van der Waals surface area (Å²) in [6.07, 6.45) is 9.61. The van der Waals surface area contributed by atoms with E-state index in [4.69, 9.17) is 9.84 Å². The minimum Gasteiger partial charge on any atom is -0.480 e. The molecule has 2 saturated carbocycles. The van der Waals surface area contributed by atoms with Crippen molar-refractivity contribution in [3.8, 4) is 0 Å². The van der Waals surface area contributed by atoms with Crippen LogP contribution < -0.4 is 5.32 Å². The number of amides is 2. The first-order valence-electron chi connectivity index (χ1n) is 11.6. The number of fused-ring (bicyclic) bond motifs is 1. The van der Waals surface area contributed by atoms with Crippen LogP contribution in [0.4, 0.5) is 4.79 Å². The van der Waals surface area contributed by atoms with Crippen LogP contribution in [-0.4, -0.2) is 77.4 Å². The van der Waals surface area contributed by atoms with Gasteiger partial charge in [0.2, 0.25) is 0 Å². The number of nitrogens with one attached hydrogen (secondary N) is 1. The zero-order chi connectivity index (χ0) is 20.4. The molecule has 2 amide bonds. The molecule has 7 heteroatoms. The SMILES string of the molecule is CC1CCC2CC(N3CCN(C4CCC(OCC(=O)O)CC4)C3=O)CCC2NC1. The highest BCUT2D eigenvalue weighted by Gasteiger charge is 2.42. The molecule has 164 valence electrons. The fourth-order valence-electron chi connectivity index (χ4n) is 6.03. The molecule has 4 rings (SSSR count). The van der Waals surface area contributed by atoms with Crippen molar-refractivity contribution >= 4 is 12.0 Å². The number of nitrogens with zero attached hydrogens (tertiary/aromatic N) is 2. The van der Waals surface area contributed by atoms with Crippen LogP contribution in [0.2, 0.25) is 0 Å². The largest absolute Gasteiger partial charge is 0.480 e. The Bertz CT molecular complexity index is 593. The minimum absolute atomic E-state index is 0.0246. The first kappa shape index (κ1) is 20.9. The third-order valence-corrected chi connectivity index (χ3v) is 7.75. The van der Waals surface area contributed by atoms with E-state index in [9.17, 15) is 9.59 Å². The highest BCUT2D eigenvalue weighted by Crippen LogP contribution is 2.36. The van der Waals surface area contributed by atoms with Gasteiger partial charge < -0.3 is 25.0 Å². The fraction of sp³-hybridized carbons (Fsp3) is 0.909. The molecule has 29 heavy (non-hydrogen) atoms. The molecular formula is C22H37N3O4. The molecule has 4 fully saturated rings. The summed E-state index contributed by atoms with van der Waals surface area (Å²) in [6, 6.07) is 1.57. The summed E-state index contributed by atoms with van der Waals surface area (Å²) in [7, 11) is 0. The third-order valence-electron chi connectivity index (χ3n) is 7.75. The second-order valence-electron chi connectivity index (χ2n) is 9.73. The molecule has 7 nitrogen and oxygen atoms in total. The first-order chi connectivity index (χ1) is 14.0. The first-order valence-corrected chi connectivity index (χ1v) is 11.6. The maximum absolute atomic E-state index is 13.2. The number of urea groups is 1. The molecule has 2 aliphatic heterocycles. The number of carbonyl (C=O) groups is 2. The van der Waals surface area contributed by atoms with Gasteiger partial charge in [0.1, 0.15) is 6.61 Å². The van der Waals surface area contributed by atoms with Crippen LogP contribution in [0.25, 0.3) is 0 Å². The topological polar surface area (TPSA) is 82.1 Å². The summed E-state index contributed by atoms with van der Waals surface area (Å²) >= 11 is 0. The number of carboxylic acid groups (broad SMARTS) is 1. The highest BCUT2D eigenvalue weighted by atomic mass is 16.5. The number of hydrogen-bond acceptors (Lipinski definition) is 4. The molecular weight excluding hydrogens is 370 g/mol. The Kier molecular flexibility index (Phi) is 6.64. The molecule has 2 aliphatic carbocycles. The van der Waals surface area contributed by atoms with E-state index in [1.54, 1.807) is 0 Å². The molecule has 2 saturated heterocycles. The number of ether oxygens (including phenoxy) is 1. The quantitative estimate of drug-likeness (QED) is 0.732. The van der Waals surface area contributed by atoms with E-state index in [2.05, 4.69) is 22.0 Å². The Balaban J connectivity index is 1.28. The van der Waals surface area contributed by atoms with Crippen LogP contribution in [0, 0.1) is 11.8 Å². The molecule has 4 unspecified atom stereocenters. The molecule has 2 N–H and O–H groups in total.